The van der Waals surface area contributed by atoms with Crippen LogP contribution in [0, 0.1) is 11.3 Å². The maximum atomic E-state index is 13.4. The third-order valence-electron chi connectivity index (χ3n) is 4.88. The van der Waals surface area contributed by atoms with Gasteiger partial charge in [-0.1, -0.05) is 29.3 Å². The highest BCUT2D eigenvalue weighted by Gasteiger charge is 2.32. The molecule has 1 saturated carbocycles. The first-order valence-corrected chi connectivity index (χ1v) is 12.1. The van der Waals surface area contributed by atoms with Crippen LogP contribution in [0.4, 0.5) is 5.69 Å². The highest BCUT2D eigenvalue weighted by Crippen LogP contribution is 2.44. The van der Waals surface area contributed by atoms with E-state index in [-0.39, 0.29) is 32.7 Å². The second kappa shape index (κ2) is 8.17. The van der Waals surface area contributed by atoms with E-state index in [9.17, 15) is 23.6 Å². The largest absolute Gasteiger partial charge is 0.478 e. The summed E-state index contributed by atoms with van der Waals surface area (Å²) in [6.07, 6.45) is 1.68. The normalized spacial score (nSPS) is 13.6. The number of nitriles is 1. The van der Waals surface area contributed by atoms with E-state index in [0.717, 1.165) is 12.8 Å². The van der Waals surface area contributed by atoms with Gasteiger partial charge >= 0.3 is 5.97 Å². The molecule has 0 saturated heterocycles. The van der Waals surface area contributed by atoms with E-state index in [1.165, 1.54) is 35.6 Å². The van der Waals surface area contributed by atoms with Gasteiger partial charge in [0.15, 0.2) is 0 Å². The summed E-state index contributed by atoms with van der Waals surface area (Å²) in [5, 5.41) is 18.9. The molecule has 10 heteroatoms. The van der Waals surface area contributed by atoms with E-state index in [1.807, 2.05) is 6.07 Å². The lowest BCUT2D eigenvalue weighted by Gasteiger charge is -2.16. The molecule has 0 bridgehead atoms. The van der Waals surface area contributed by atoms with Crippen LogP contribution in [0.3, 0.4) is 0 Å². The van der Waals surface area contributed by atoms with Crippen molar-refractivity contribution in [2.45, 2.75) is 23.7 Å². The number of carboxylic acids is 1. The van der Waals surface area contributed by atoms with Gasteiger partial charge in [0.25, 0.3) is 10.0 Å². The van der Waals surface area contributed by atoms with Crippen molar-refractivity contribution in [2.24, 2.45) is 0 Å². The molecule has 0 amide bonds. The summed E-state index contributed by atoms with van der Waals surface area (Å²) >= 11 is 13.5. The molecule has 158 valence electrons. The number of hydrogen-bond donors (Lipinski definition) is 2. The predicted molar refractivity (Wildman–Crippen MR) is 121 cm³/mol. The van der Waals surface area contributed by atoms with Crippen molar-refractivity contribution in [1.82, 2.24) is 0 Å². The van der Waals surface area contributed by atoms with Crippen LogP contribution >= 0.6 is 34.5 Å². The average molecular weight is 493 g/mol. The molecule has 2 aromatic carbocycles. The standard InChI is InChI=1S/C21H14Cl2N2O4S2/c22-16-9-15(18-5-6-20(23)30-18)17(7-13(16)10-24)25-31(28,29)19-8-12(21(26)27)3-4-14(19)11-1-2-11/h3-9,11,25H,1-2H2,(H,26,27). The zero-order valence-electron chi connectivity index (χ0n) is 15.7. The SMILES string of the molecule is N#Cc1cc(NS(=O)(=O)c2cc(C(=O)O)ccc2C2CC2)c(-c2ccc(Cl)s2)cc1Cl. The van der Waals surface area contributed by atoms with Crippen molar-refractivity contribution in [2.75, 3.05) is 4.72 Å². The Morgan fingerprint density at radius 2 is 1.90 bits per heavy atom. The van der Waals surface area contributed by atoms with Crippen LogP contribution in [-0.2, 0) is 10.0 Å². The van der Waals surface area contributed by atoms with Gasteiger partial charge in [-0.25, -0.2) is 13.2 Å². The van der Waals surface area contributed by atoms with Gasteiger partial charge in [0.2, 0.25) is 0 Å². The van der Waals surface area contributed by atoms with Crippen molar-refractivity contribution in [3.63, 3.8) is 0 Å². The maximum absolute atomic E-state index is 13.4. The summed E-state index contributed by atoms with van der Waals surface area (Å²) in [7, 11) is -4.16. The van der Waals surface area contributed by atoms with Gasteiger partial charge in [0.1, 0.15) is 6.07 Å². The van der Waals surface area contributed by atoms with Gasteiger partial charge in [-0.05, 0) is 60.7 Å². The molecule has 2 N–H and O–H groups in total. The Balaban J connectivity index is 1.85. The smallest absolute Gasteiger partial charge is 0.335 e. The van der Waals surface area contributed by atoms with E-state index in [2.05, 4.69) is 4.72 Å². The molecule has 4 rings (SSSR count). The number of hydrogen-bond acceptors (Lipinski definition) is 5. The molecule has 1 aliphatic rings. The number of halogens is 2. The summed E-state index contributed by atoms with van der Waals surface area (Å²) in [6.45, 7) is 0. The van der Waals surface area contributed by atoms with Gasteiger partial charge in [0, 0.05) is 10.4 Å². The minimum atomic E-state index is -4.16. The van der Waals surface area contributed by atoms with Crippen LogP contribution in [-0.4, -0.2) is 19.5 Å². The first kappa shape index (κ1) is 21.7. The first-order chi connectivity index (χ1) is 14.7. The number of aromatic carboxylic acids is 1. The fourth-order valence-electron chi connectivity index (χ4n) is 3.24. The Hall–Kier alpha value is -2.57. The van der Waals surface area contributed by atoms with Crippen LogP contribution in [0.2, 0.25) is 9.36 Å². The Labute approximate surface area is 192 Å². The Kier molecular flexibility index (Phi) is 5.71. The number of carboxylic acid groups (broad SMARTS) is 1. The quantitative estimate of drug-likeness (QED) is 0.440. The molecular weight excluding hydrogens is 479 g/mol. The van der Waals surface area contributed by atoms with E-state index in [0.29, 0.717) is 20.3 Å². The third kappa shape index (κ3) is 4.41. The maximum Gasteiger partial charge on any atom is 0.335 e. The molecule has 1 aromatic heterocycles. The molecule has 6 nitrogen and oxygen atoms in total. The minimum Gasteiger partial charge on any atom is -0.478 e. The Morgan fingerprint density at radius 1 is 1.16 bits per heavy atom. The number of anilines is 1. The van der Waals surface area contributed by atoms with Gasteiger partial charge in [0.05, 0.1) is 31.1 Å². The lowest BCUT2D eigenvalue weighted by atomic mass is 10.1. The second-order valence-corrected chi connectivity index (χ2v) is 10.8. The van der Waals surface area contributed by atoms with Crippen LogP contribution in [0.1, 0.15) is 40.2 Å². The van der Waals surface area contributed by atoms with Crippen molar-refractivity contribution in [1.29, 1.82) is 5.26 Å². The molecule has 1 heterocycles. The van der Waals surface area contributed by atoms with E-state index < -0.39 is 16.0 Å². The molecular formula is C21H14Cl2N2O4S2. The fourth-order valence-corrected chi connectivity index (χ4v) is 5.91. The van der Waals surface area contributed by atoms with Crippen LogP contribution in [0.25, 0.3) is 10.4 Å². The summed E-state index contributed by atoms with van der Waals surface area (Å²) in [5.74, 6) is -1.14. The Bertz CT molecular complexity index is 1360. The van der Waals surface area contributed by atoms with Gasteiger partial charge < -0.3 is 5.11 Å². The van der Waals surface area contributed by atoms with E-state index in [1.54, 1.807) is 18.2 Å². The number of benzene rings is 2. The van der Waals surface area contributed by atoms with Crippen molar-refractivity contribution in [3.8, 4) is 16.5 Å². The molecule has 1 aliphatic carbocycles. The molecule has 31 heavy (non-hydrogen) atoms. The number of nitrogens with zero attached hydrogens (tertiary/aromatic N) is 1. The summed E-state index contributed by atoms with van der Waals surface area (Å²) in [6, 6.07) is 12.3. The van der Waals surface area contributed by atoms with Crippen molar-refractivity contribution < 1.29 is 18.3 Å². The van der Waals surface area contributed by atoms with Crippen LogP contribution in [0.15, 0.2) is 47.4 Å². The zero-order valence-corrected chi connectivity index (χ0v) is 18.9. The van der Waals surface area contributed by atoms with E-state index >= 15 is 0 Å². The zero-order chi connectivity index (χ0) is 22.3. The minimum absolute atomic E-state index is 0.0740. The average Bonchev–Trinajstić information content (AvgIpc) is 3.49. The van der Waals surface area contributed by atoms with E-state index in [4.69, 9.17) is 23.2 Å². The van der Waals surface area contributed by atoms with Crippen LogP contribution in [0.5, 0.6) is 0 Å². The van der Waals surface area contributed by atoms with Crippen molar-refractivity contribution in [3.05, 3.63) is 68.5 Å². The first-order valence-electron chi connectivity index (χ1n) is 9.09. The lowest BCUT2D eigenvalue weighted by Crippen LogP contribution is -2.16. The predicted octanol–water partition coefficient (Wildman–Crippen LogP) is 5.97. The van der Waals surface area contributed by atoms with Gasteiger partial charge in [-0.2, -0.15) is 5.26 Å². The van der Waals surface area contributed by atoms with Gasteiger partial charge in [-0.15, -0.1) is 11.3 Å². The molecule has 0 radical (unpaired) electrons. The highest BCUT2D eigenvalue weighted by atomic mass is 35.5. The van der Waals surface area contributed by atoms with Crippen molar-refractivity contribution >= 4 is 56.2 Å². The second-order valence-electron chi connectivity index (χ2n) is 7.03. The molecule has 0 aliphatic heterocycles. The summed E-state index contributed by atoms with van der Waals surface area (Å²) in [4.78, 5) is 12.0. The summed E-state index contributed by atoms with van der Waals surface area (Å²) in [5.41, 5.74) is 1.18. The van der Waals surface area contributed by atoms with Crippen LogP contribution < -0.4 is 4.72 Å². The highest BCUT2D eigenvalue weighted by molar-refractivity contribution is 7.92. The Morgan fingerprint density at radius 3 is 2.48 bits per heavy atom. The number of rotatable bonds is 6. The summed E-state index contributed by atoms with van der Waals surface area (Å²) < 4.78 is 29.8. The number of thiophene rings is 1. The molecule has 0 atom stereocenters. The monoisotopic (exact) mass is 492 g/mol. The van der Waals surface area contributed by atoms with Gasteiger partial charge in [-0.3, -0.25) is 4.72 Å². The fraction of sp³-hybridized carbons (Fsp3) is 0.143. The topological polar surface area (TPSA) is 107 Å². The third-order valence-corrected chi connectivity index (χ3v) is 7.88. The molecule has 1 fully saturated rings. The molecule has 0 unspecified atom stereocenters. The molecule has 0 spiro atoms. The number of nitrogens with one attached hydrogen (secondary N) is 1. The molecule has 3 aromatic rings. The lowest BCUT2D eigenvalue weighted by molar-refractivity contribution is 0.0696. The number of sulfonamides is 1. The number of carbonyl (C=O) groups is 1.